The van der Waals surface area contributed by atoms with Gasteiger partial charge < -0.3 is 10.2 Å². The Labute approximate surface area is 130 Å². The molecule has 0 bridgehead atoms. The van der Waals surface area contributed by atoms with Crippen molar-refractivity contribution in [2.75, 3.05) is 19.6 Å². The largest absolute Gasteiger partial charge is 0.339 e. The van der Waals surface area contributed by atoms with Crippen molar-refractivity contribution in [2.24, 2.45) is 0 Å². The van der Waals surface area contributed by atoms with Crippen LogP contribution in [0.4, 0.5) is 5.69 Å². The first-order chi connectivity index (χ1) is 10.6. The van der Waals surface area contributed by atoms with Gasteiger partial charge in [-0.05, 0) is 37.9 Å². The van der Waals surface area contributed by atoms with Crippen LogP contribution in [-0.4, -0.2) is 41.4 Å². The number of nitro groups is 1. The van der Waals surface area contributed by atoms with Crippen molar-refractivity contribution in [3.8, 4) is 0 Å². The van der Waals surface area contributed by atoms with Crippen molar-refractivity contribution < 1.29 is 9.72 Å². The van der Waals surface area contributed by atoms with Gasteiger partial charge in [-0.3, -0.25) is 14.9 Å². The number of non-ortho nitro benzene ring substituents is 1. The topological polar surface area (TPSA) is 75.5 Å². The molecule has 1 heterocycles. The third kappa shape index (κ3) is 4.27. The van der Waals surface area contributed by atoms with Crippen LogP contribution in [0, 0.1) is 10.1 Å². The minimum atomic E-state index is -0.426. The molecule has 0 unspecified atom stereocenters. The van der Waals surface area contributed by atoms with Gasteiger partial charge in [0, 0.05) is 24.7 Å². The number of rotatable bonds is 6. The van der Waals surface area contributed by atoms with Crippen molar-refractivity contribution in [3.05, 3.63) is 39.9 Å². The SMILES string of the molecule is CCCN(C(=O)Cc1cccc([N+](=O)[O-])c1)C1CCNCC1. The summed E-state index contributed by atoms with van der Waals surface area (Å²) in [5, 5.41) is 14.1. The lowest BCUT2D eigenvalue weighted by atomic mass is 10.0. The molecule has 22 heavy (non-hydrogen) atoms. The highest BCUT2D eigenvalue weighted by Gasteiger charge is 2.24. The molecule has 1 N–H and O–H groups in total. The van der Waals surface area contributed by atoms with E-state index in [1.54, 1.807) is 12.1 Å². The Morgan fingerprint density at radius 3 is 2.77 bits per heavy atom. The Hall–Kier alpha value is -1.95. The predicted molar refractivity (Wildman–Crippen MR) is 84.7 cm³/mol. The van der Waals surface area contributed by atoms with Crippen molar-refractivity contribution in [3.63, 3.8) is 0 Å². The zero-order valence-corrected chi connectivity index (χ0v) is 13.0. The van der Waals surface area contributed by atoms with Gasteiger partial charge in [-0.15, -0.1) is 0 Å². The lowest BCUT2D eigenvalue weighted by Crippen LogP contribution is -2.47. The van der Waals surface area contributed by atoms with Crippen molar-refractivity contribution in [2.45, 2.75) is 38.6 Å². The molecule has 2 rings (SSSR count). The Bertz CT molecular complexity index is 527. The fraction of sp³-hybridized carbons (Fsp3) is 0.562. The highest BCUT2D eigenvalue weighted by atomic mass is 16.6. The molecule has 120 valence electrons. The summed E-state index contributed by atoms with van der Waals surface area (Å²) >= 11 is 0. The first-order valence-electron chi connectivity index (χ1n) is 7.85. The van der Waals surface area contributed by atoms with Gasteiger partial charge in [-0.2, -0.15) is 0 Å². The van der Waals surface area contributed by atoms with Gasteiger partial charge in [-0.25, -0.2) is 0 Å². The molecule has 1 fully saturated rings. The van der Waals surface area contributed by atoms with E-state index in [9.17, 15) is 14.9 Å². The normalized spacial score (nSPS) is 15.5. The molecule has 0 radical (unpaired) electrons. The zero-order valence-electron chi connectivity index (χ0n) is 13.0. The highest BCUT2D eigenvalue weighted by Crippen LogP contribution is 2.17. The number of benzene rings is 1. The molecular formula is C16H23N3O3. The summed E-state index contributed by atoms with van der Waals surface area (Å²) < 4.78 is 0. The Balaban J connectivity index is 2.07. The minimum absolute atomic E-state index is 0.0363. The van der Waals surface area contributed by atoms with Crippen molar-refractivity contribution >= 4 is 11.6 Å². The first-order valence-corrected chi connectivity index (χ1v) is 7.85. The molecule has 0 spiro atoms. The lowest BCUT2D eigenvalue weighted by Gasteiger charge is -2.34. The van der Waals surface area contributed by atoms with E-state index < -0.39 is 4.92 Å². The smallest absolute Gasteiger partial charge is 0.269 e. The second kappa shape index (κ2) is 7.89. The van der Waals surface area contributed by atoms with E-state index in [0.717, 1.165) is 38.9 Å². The lowest BCUT2D eigenvalue weighted by molar-refractivity contribution is -0.384. The fourth-order valence-electron chi connectivity index (χ4n) is 2.93. The zero-order chi connectivity index (χ0) is 15.9. The third-order valence-corrected chi connectivity index (χ3v) is 4.01. The van der Waals surface area contributed by atoms with Crippen LogP contribution in [0.5, 0.6) is 0 Å². The van der Waals surface area contributed by atoms with Gasteiger partial charge in [0.25, 0.3) is 5.69 Å². The third-order valence-electron chi connectivity index (χ3n) is 4.01. The summed E-state index contributed by atoms with van der Waals surface area (Å²) in [6.45, 7) is 4.69. The second-order valence-corrected chi connectivity index (χ2v) is 5.67. The molecule has 0 aliphatic carbocycles. The molecule has 1 saturated heterocycles. The van der Waals surface area contributed by atoms with Crippen LogP contribution in [-0.2, 0) is 11.2 Å². The van der Waals surface area contributed by atoms with E-state index in [4.69, 9.17) is 0 Å². The van der Waals surface area contributed by atoms with Crippen LogP contribution in [0.3, 0.4) is 0 Å². The van der Waals surface area contributed by atoms with E-state index in [2.05, 4.69) is 12.2 Å². The van der Waals surface area contributed by atoms with E-state index in [-0.39, 0.29) is 24.1 Å². The first kappa shape index (κ1) is 16.4. The Morgan fingerprint density at radius 2 is 2.14 bits per heavy atom. The number of nitro benzene ring substituents is 1. The molecule has 1 amide bonds. The van der Waals surface area contributed by atoms with Crippen molar-refractivity contribution in [1.29, 1.82) is 0 Å². The summed E-state index contributed by atoms with van der Waals surface area (Å²) in [6, 6.07) is 6.63. The van der Waals surface area contributed by atoms with Gasteiger partial charge in [0.05, 0.1) is 11.3 Å². The highest BCUT2D eigenvalue weighted by molar-refractivity contribution is 5.79. The standard InChI is InChI=1S/C16H23N3O3/c1-2-10-18(14-6-8-17-9-7-14)16(20)12-13-4-3-5-15(11-13)19(21)22/h3-5,11,14,17H,2,6-10,12H2,1H3. The molecule has 0 saturated carbocycles. The van der Waals surface area contributed by atoms with Gasteiger partial charge in [0.1, 0.15) is 0 Å². The maximum absolute atomic E-state index is 12.6. The molecular weight excluding hydrogens is 282 g/mol. The summed E-state index contributed by atoms with van der Waals surface area (Å²) in [7, 11) is 0. The minimum Gasteiger partial charge on any atom is -0.339 e. The van der Waals surface area contributed by atoms with Gasteiger partial charge in [0.15, 0.2) is 0 Å². The summed E-state index contributed by atoms with van der Waals surface area (Å²) in [6.07, 6.45) is 3.09. The van der Waals surface area contributed by atoms with E-state index >= 15 is 0 Å². The monoisotopic (exact) mass is 305 g/mol. The number of carbonyl (C=O) groups excluding carboxylic acids is 1. The number of hydrogen-bond donors (Lipinski definition) is 1. The number of amides is 1. The summed E-state index contributed by atoms with van der Waals surface area (Å²) in [4.78, 5) is 25.0. The molecule has 1 aromatic carbocycles. The second-order valence-electron chi connectivity index (χ2n) is 5.67. The summed E-state index contributed by atoms with van der Waals surface area (Å²) in [5.74, 6) is 0.0641. The number of piperidine rings is 1. The van der Waals surface area contributed by atoms with Gasteiger partial charge >= 0.3 is 0 Å². The Kier molecular flexibility index (Phi) is 5.89. The number of nitrogens with zero attached hydrogens (tertiary/aromatic N) is 2. The average Bonchev–Trinajstić information content (AvgIpc) is 2.53. The maximum atomic E-state index is 12.6. The van der Waals surface area contributed by atoms with E-state index in [0.29, 0.717) is 5.56 Å². The van der Waals surface area contributed by atoms with Crippen LogP contribution in [0.2, 0.25) is 0 Å². The van der Waals surface area contributed by atoms with Crippen LogP contribution < -0.4 is 5.32 Å². The molecule has 0 atom stereocenters. The molecule has 1 aliphatic rings. The summed E-state index contributed by atoms with van der Waals surface area (Å²) in [5.41, 5.74) is 0.739. The van der Waals surface area contributed by atoms with Crippen LogP contribution >= 0.6 is 0 Å². The number of carbonyl (C=O) groups is 1. The van der Waals surface area contributed by atoms with Crippen LogP contribution in [0.15, 0.2) is 24.3 Å². The van der Waals surface area contributed by atoms with Gasteiger partial charge in [0.2, 0.25) is 5.91 Å². The van der Waals surface area contributed by atoms with Crippen LogP contribution in [0.25, 0.3) is 0 Å². The number of hydrogen-bond acceptors (Lipinski definition) is 4. The molecule has 1 aliphatic heterocycles. The fourth-order valence-corrected chi connectivity index (χ4v) is 2.93. The molecule has 6 nitrogen and oxygen atoms in total. The van der Waals surface area contributed by atoms with Crippen LogP contribution in [0.1, 0.15) is 31.7 Å². The Morgan fingerprint density at radius 1 is 1.41 bits per heavy atom. The molecule has 0 aromatic heterocycles. The average molecular weight is 305 g/mol. The maximum Gasteiger partial charge on any atom is 0.269 e. The van der Waals surface area contributed by atoms with Gasteiger partial charge in [-0.1, -0.05) is 19.1 Å². The van der Waals surface area contributed by atoms with E-state index in [1.165, 1.54) is 12.1 Å². The molecule has 6 heteroatoms. The van der Waals surface area contributed by atoms with E-state index in [1.807, 2.05) is 4.90 Å². The van der Waals surface area contributed by atoms with Crippen molar-refractivity contribution in [1.82, 2.24) is 10.2 Å². The number of nitrogens with one attached hydrogen (secondary N) is 1. The molecule has 1 aromatic rings. The predicted octanol–water partition coefficient (Wildman–Crippen LogP) is 2.13. The quantitative estimate of drug-likeness (QED) is 0.645.